The lowest BCUT2D eigenvalue weighted by molar-refractivity contribution is -0.122. The fraction of sp³-hybridized carbons (Fsp3) is 0.111. The molecular formula is C27H20ClN3O5. The van der Waals surface area contributed by atoms with Crippen LogP contribution in [0.15, 0.2) is 66.2 Å². The number of carbonyl (C=O) groups is 3. The zero-order chi connectivity index (χ0) is 25.8. The summed E-state index contributed by atoms with van der Waals surface area (Å²) in [6.07, 6.45) is 1.33. The maximum Gasteiger partial charge on any atom is 0.335 e. The van der Waals surface area contributed by atoms with Crippen LogP contribution in [0.25, 0.3) is 6.08 Å². The number of nitriles is 1. The maximum absolute atomic E-state index is 13.1. The van der Waals surface area contributed by atoms with E-state index in [9.17, 15) is 19.6 Å². The monoisotopic (exact) mass is 501 g/mol. The average molecular weight is 502 g/mol. The van der Waals surface area contributed by atoms with Crippen molar-refractivity contribution in [2.45, 2.75) is 13.5 Å². The minimum absolute atomic E-state index is 0.0781. The Morgan fingerprint density at radius 2 is 1.81 bits per heavy atom. The van der Waals surface area contributed by atoms with E-state index in [-0.39, 0.29) is 28.7 Å². The van der Waals surface area contributed by atoms with Gasteiger partial charge < -0.3 is 9.47 Å². The summed E-state index contributed by atoms with van der Waals surface area (Å²) in [5.74, 6) is -1.09. The third kappa shape index (κ3) is 4.92. The second-order valence-corrected chi connectivity index (χ2v) is 8.29. The quantitative estimate of drug-likeness (QED) is 0.385. The van der Waals surface area contributed by atoms with E-state index in [1.54, 1.807) is 54.6 Å². The van der Waals surface area contributed by atoms with Gasteiger partial charge in [0.1, 0.15) is 12.2 Å². The Bertz CT molecular complexity index is 1440. The number of nitrogens with one attached hydrogen (secondary N) is 1. The first-order valence-electron chi connectivity index (χ1n) is 10.8. The standard InChI is InChI=1S/C27H20ClN3O5/c1-16-7-9-20(10-8-16)31-26(33)21(25(32)30-27(31)34)11-17-12-22(28)24(23(13-17)35-2)36-15-19-6-4-3-5-18(19)14-29/h3-13H,15H2,1-2H3,(H,30,32,34)/b21-11+. The number of halogens is 1. The second kappa shape index (κ2) is 10.3. The largest absolute Gasteiger partial charge is 0.493 e. The summed E-state index contributed by atoms with van der Waals surface area (Å²) in [4.78, 5) is 38.9. The lowest BCUT2D eigenvalue weighted by atomic mass is 10.1. The normalized spacial score (nSPS) is 14.4. The van der Waals surface area contributed by atoms with Crippen molar-refractivity contribution in [1.29, 1.82) is 5.26 Å². The van der Waals surface area contributed by atoms with E-state index < -0.39 is 17.8 Å². The molecule has 36 heavy (non-hydrogen) atoms. The van der Waals surface area contributed by atoms with Crippen molar-refractivity contribution in [3.05, 3.63) is 93.5 Å². The van der Waals surface area contributed by atoms with E-state index in [1.807, 2.05) is 6.92 Å². The topological polar surface area (TPSA) is 109 Å². The fourth-order valence-electron chi connectivity index (χ4n) is 3.62. The average Bonchev–Trinajstić information content (AvgIpc) is 2.86. The number of barbiturate groups is 1. The van der Waals surface area contributed by atoms with E-state index in [2.05, 4.69) is 11.4 Å². The number of nitrogens with zero attached hydrogens (tertiary/aromatic N) is 2. The molecular weight excluding hydrogens is 482 g/mol. The number of ether oxygens (including phenoxy) is 2. The van der Waals surface area contributed by atoms with Gasteiger partial charge in [0.2, 0.25) is 0 Å². The molecule has 0 atom stereocenters. The molecule has 8 nitrogen and oxygen atoms in total. The van der Waals surface area contributed by atoms with Crippen molar-refractivity contribution in [3.63, 3.8) is 0 Å². The first kappa shape index (κ1) is 24.5. The van der Waals surface area contributed by atoms with Gasteiger partial charge in [0.05, 0.1) is 29.5 Å². The number of benzene rings is 3. The van der Waals surface area contributed by atoms with Crippen molar-refractivity contribution in [3.8, 4) is 17.6 Å². The molecule has 0 saturated carbocycles. The summed E-state index contributed by atoms with van der Waals surface area (Å²) < 4.78 is 11.3. The van der Waals surface area contributed by atoms with Gasteiger partial charge >= 0.3 is 6.03 Å². The summed E-state index contributed by atoms with van der Waals surface area (Å²) in [6, 6.07) is 18.1. The molecule has 4 amide bonds. The molecule has 1 aliphatic rings. The van der Waals surface area contributed by atoms with Gasteiger partial charge in [-0.1, -0.05) is 47.5 Å². The lowest BCUT2D eigenvalue weighted by Crippen LogP contribution is -2.54. The van der Waals surface area contributed by atoms with Crippen LogP contribution >= 0.6 is 11.6 Å². The molecule has 9 heteroatoms. The van der Waals surface area contributed by atoms with Crippen LogP contribution in [0, 0.1) is 18.3 Å². The summed E-state index contributed by atoms with van der Waals surface area (Å²) in [5.41, 5.74) is 2.58. The van der Waals surface area contributed by atoms with Crippen molar-refractivity contribution in [2.75, 3.05) is 12.0 Å². The molecule has 180 valence electrons. The van der Waals surface area contributed by atoms with Crippen LogP contribution in [0.5, 0.6) is 11.5 Å². The third-order valence-corrected chi connectivity index (χ3v) is 5.75. The molecule has 0 aromatic heterocycles. The smallest absolute Gasteiger partial charge is 0.335 e. The Morgan fingerprint density at radius 1 is 1.08 bits per heavy atom. The Balaban J connectivity index is 1.65. The molecule has 1 fully saturated rings. The fourth-order valence-corrected chi connectivity index (χ4v) is 3.89. The third-order valence-electron chi connectivity index (χ3n) is 5.47. The van der Waals surface area contributed by atoms with Gasteiger partial charge in [-0.3, -0.25) is 14.9 Å². The van der Waals surface area contributed by atoms with Crippen LogP contribution < -0.4 is 19.7 Å². The predicted molar refractivity (Wildman–Crippen MR) is 134 cm³/mol. The molecule has 0 aliphatic carbocycles. The Morgan fingerprint density at radius 3 is 2.50 bits per heavy atom. The molecule has 0 unspecified atom stereocenters. The van der Waals surface area contributed by atoms with Crippen molar-refractivity contribution in [2.24, 2.45) is 0 Å². The number of rotatable bonds is 6. The highest BCUT2D eigenvalue weighted by atomic mass is 35.5. The molecule has 4 rings (SSSR count). The molecule has 1 saturated heterocycles. The van der Waals surface area contributed by atoms with Crippen LogP contribution in [0.3, 0.4) is 0 Å². The van der Waals surface area contributed by atoms with E-state index >= 15 is 0 Å². The summed E-state index contributed by atoms with van der Waals surface area (Å²) in [7, 11) is 1.43. The summed E-state index contributed by atoms with van der Waals surface area (Å²) >= 11 is 6.46. The zero-order valence-electron chi connectivity index (χ0n) is 19.4. The number of urea groups is 1. The minimum Gasteiger partial charge on any atom is -0.493 e. The molecule has 3 aromatic carbocycles. The Labute approximate surface area is 212 Å². The number of methoxy groups -OCH3 is 1. The van der Waals surface area contributed by atoms with Gasteiger partial charge in [0.25, 0.3) is 11.8 Å². The number of aryl methyl sites for hydroxylation is 1. The van der Waals surface area contributed by atoms with E-state index in [0.29, 0.717) is 22.4 Å². The first-order valence-corrected chi connectivity index (χ1v) is 11.2. The zero-order valence-corrected chi connectivity index (χ0v) is 20.1. The number of carbonyl (C=O) groups excluding carboxylic acids is 3. The number of anilines is 1. The SMILES string of the molecule is COc1cc(/C=C2\C(=O)NC(=O)N(c3ccc(C)cc3)C2=O)cc(Cl)c1OCc1ccccc1C#N. The van der Waals surface area contributed by atoms with Gasteiger partial charge in [-0.2, -0.15) is 5.26 Å². The van der Waals surface area contributed by atoms with Crippen LogP contribution in [0.2, 0.25) is 5.02 Å². The van der Waals surface area contributed by atoms with Crippen molar-refractivity contribution in [1.82, 2.24) is 5.32 Å². The van der Waals surface area contributed by atoms with Gasteiger partial charge in [-0.05, 0) is 48.9 Å². The molecule has 3 aromatic rings. The molecule has 1 heterocycles. The van der Waals surface area contributed by atoms with Gasteiger partial charge in [0, 0.05) is 5.56 Å². The van der Waals surface area contributed by atoms with Crippen LogP contribution in [0.4, 0.5) is 10.5 Å². The van der Waals surface area contributed by atoms with E-state index in [1.165, 1.54) is 19.3 Å². The molecule has 1 N–H and O–H groups in total. The Hall–Kier alpha value is -4.61. The van der Waals surface area contributed by atoms with E-state index in [4.69, 9.17) is 21.1 Å². The van der Waals surface area contributed by atoms with Crippen LogP contribution in [0.1, 0.15) is 22.3 Å². The Kier molecular flexibility index (Phi) is 7.04. The van der Waals surface area contributed by atoms with Crippen molar-refractivity contribution >= 4 is 41.2 Å². The molecule has 0 bridgehead atoms. The maximum atomic E-state index is 13.1. The number of hydrogen-bond donors (Lipinski definition) is 1. The molecule has 1 aliphatic heterocycles. The predicted octanol–water partition coefficient (Wildman–Crippen LogP) is 4.77. The lowest BCUT2D eigenvalue weighted by Gasteiger charge is -2.26. The first-order chi connectivity index (χ1) is 17.3. The molecule has 0 spiro atoms. The highest BCUT2D eigenvalue weighted by Crippen LogP contribution is 2.38. The second-order valence-electron chi connectivity index (χ2n) is 7.89. The summed E-state index contributed by atoms with van der Waals surface area (Å²) in [5, 5.41) is 11.6. The minimum atomic E-state index is -0.831. The molecule has 0 radical (unpaired) electrons. The van der Waals surface area contributed by atoms with Crippen molar-refractivity contribution < 1.29 is 23.9 Å². The number of amides is 4. The van der Waals surface area contributed by atoms with E-state index in [0.717, 1.165) is 10.5 Å². The number of imide groups is 2. The highest BCUT2D eigenvalue weighted by molar-refractivity contribution is 6.39. The van der Waals surface area contributed by atoms with Gasteiger partial charge in [-0.25, -0.2) is 9.69 Å². The summed E-state index contributed by atoms with van der Waals surface area (Å²) in [6.45, 7) is 1.96. The van der Waals surface area contributed by atoms with Gasteiger partial charge in [0.15, 0.2) is 11.5 Å². The van der Waals surface area contributed by atoms with Crippen LogP contribution in [-0.4, -0.2) is 25.0 Å². The van der Waals surface area contributed by atoms with Crippen LogP contribution in [-0.2, 0) is 16.2 Å². The van der Waals surface area contributed by atoms with Gasteiger partial charge in [-0.15, -0.1) is 0 Å². The number of hydrogen-bond acceptors (Lipinski definition) is 6. The highest BCUT2D eigenvalue weighted by Gasteiger charge is 2.36.